The standard InChI is InChI=1S/C13H16O4/c1-4-16-12(14)13(2)11(17-13)9-5-7-10(15-3)8-6-9/h5-8,11H,4H2,1-3H3. The van der Waals surface area contributed by atoms with E-state index >= 15 is 0 Å². The number of carbonyl (C=O) groups is 1. The molecule has 1 aromatic rings. The van der Waals surface area contributed by atoms with E-state index < -0.39 is 5.60 Å². The molecule has 0 bridgehead atoms. The Morgan fingerprint density at radius 2 is 2.06 bits per heavy atom. The third-order valence-corrected chi connectivity index (χ3v) is 2.91. The number of rotatable bonds is 4. The highest BCUT2D eigenvalue weighted by atomic mass is 16.7. The Balaban J connectivity index is 2.08. The average molecular weight is 236 g/mol. The molecule has 1 aliphatic heterocycles. The Hall–Kier alpha value is -1.55. The number of carbonyl (C=O) groups excluding carboxylic acids is 1. The van der Waals surface area contributed by atoms with Gasteiger partial charge in [0.25, 0.3) is 0 Å². The van der Waals surface area contributed by atoms with Crippen molar-refractivity contribution < 1.29 is 19.0 Å². The van der Waals surface area contributed by atoms with Gasteiger partial charge in [0, 0.05) is 0 Å². The third kappa shape index (κ3) is 2.13. The molecule has 2 atom stereocenters. The predicted molar refractivity (Wildman–Crippen MR) is 61.9 cm³/mol. The lowest BCUT2D eigenvalue weighted by molar-refractivity contribution is -0.148. The fourth-order valence-corrected chi connectivity index (χ4v) is 1.81. The van der Waals surface area contributed by atoms with Crippen molar-refractivity contribution in [1.29, 1.82) is 0 Å². The van der Waals surface area contributed by atoms with E-state index in [0.717, 1.165) is 11.3 Å². The van der Waals surface area contributed by atoms with Crippen molar-refractivity contribution in [3.8, 4) is 5.75 Å². The minimum Gasteiger partial charge on any atom is -0.497 e. The highest BCUT2D eigenvalue weighted by Crippen LogP contribution is 2.50. The molecule has 0 aliphatic carbocycles. The van der Waals surface area contributed by atoms with Crippen LogP contribution in [0, 0.1) is 0 Å². The average Bonchev–Trinajstić information content (AvgIpc) is 3.04. The van der Waals surface area contributed by atoms with E-state index in [1.165, 1.54) is 0 Å². The molecule has 1 aliphatic rings. The van der Waals surface area contributed by atoms with Crippen LogP contribution < -0.4 is 4.74 Å². The normalized spacial score (nSPS) is 26.4. The zero-order valence-electron chi connectivity index (χ0n) is 10.2. The molecule has 2 rings (SSSR count). The largest absolute Gasteiger partial charge is 0.497 e. The summed E-state index contributed by atoms with van der Waals surface area (Å²) in [6, 6.07) is 7.49. The number of benzene rings is 1. The Labute approximate surface area is 100 Å². The lowest BCUT2D eigenvalue weighted by Crippen LogP contribution is -2.24. The van der Waals surface area contributed by atoms with Crippen molar-refractivity contribution in [2.45, 2.75) is 25.6 Å². The molecular formula is C13H16O4. The van der Waals surface area contributed by atoms with Gasteiger partial charge in [0.05, 0.1) is 13.7 Å². The summed E-state index contributed by atoms with van der Waals surface area (Å²) in [5.74, 6) is 0.480. The van der Waals surface area contributed by atoms with Gasteiger partial charge in [0.2, 0.25) is 0 Å². The first kappa shape index (κ1) is 11.9. The highest BCUT2D eigenvalue weighted by molar-refractivity contribution is 5.83. The molecule has 0 spiro atoms. The zero-order chi connectivity index (χ0) is 12.5. The van der Waals surface area contributed by atoms with Gasteiger partial charge in [-0.25, -0.2) is 4.79 Å². The first-order valence-corrected chi connectivity index (χ1v) is 5.60. The third-order valence-electron chi connectivity index (χ3n) is 2.91. The predicted octanol–water partition coefficient (Wildman–Crippen LogP) is 2.09. The van der Waals surface area contributed by atoms with Crippen molar-refractivity contribution in [2.75, 3.05) is 13.7 Å². The molecule has 4 heteroatoms. The smallest absolute Gasteiger partial charge is 0.341 e. The second-order valence-corrected chi connectivity index (χ2v) is 4.10. The molecule has 0 N–H and O–H groups in total. The molecule has 1 fully saturated rings. The number of ether oxygens (including phenoxy) is 3. The number of methoxy groups -OCH3 is 1. The fourth-order valence-electron chi connectivity index (χ4n) is 1.81. The summed E-state index contributed by atoms with van der Waals surface area (Å²) in [4.78, 5) is 11.7. The summed E-state index contributed by atoms with van der Waals surface area (Å²) < 4.78 is 15.5. The first-order valence-electron chi connectivity index (χ1n) is 5.60. The Bertz CT molecular complexity index is 412. The van der Waals surface area contributed by atoms with E-state index in [9.17, 15) is 4.79 Å². The molecule has 0 radical (unpaired) electrons. The van der Waals surface area contributed by atoms with E-state index in [1.807, 2.05) is 24.3 Å². The molecule has 17 heavy (non-hydrogen) atoms. The van der Waals surface area contributed by atoms with Crippen LogP contribution in [0.2, 0.25) is 0 Å². The molecule has 1 heterocycles. The highest BCUT2D eigenvalue weighted by Gasteiger charge is 2.60. The quantitative estimate of drug-likeness (QED) is 0.593. The van der Waals surface area contributed by atoms with Gasteiger partial charge in [-0.3, -0.25) is 0 Å². The fraction of sp³-hybridized carbons (Fsp3) is 0.462. The van der Waals surface area contributed by atoms with Crippen LogP contribution in [0.3, 0.4) is 0 Å². The van der Waals surface area contributed by atoms with E-state index in [0.29, 0.717) is 6.61 Å². The monoisotopic (exact) mass is 236 g/mol. The summed E-state index contributed by atoms with van der Waals surface area (Å²) in [5.41, 5.74) is 0.131. The molecule has 0 aromatic heterocycles. The molecule has 1 aromatic carbocycles. The molecule has 92 valence electrons. The zero-order valence-corrected chi connectivity index (χ0v) is 10.2. The van der Waals surface area contributed by atoms with E-state index in [1.54, 1.807) is 21.0 Å². The van der Waals surface area contributed by atoms with Gasteiger partial charge < -0.3 is 14.2 Å². The van der Waals surface area contributed by atoms with E-state index in [2.05, 4.69) is 0 Å². The summed E-state index contributed by atoms with van der Waals surface area (Å²) in [6.07, 6.45) is -0.215. The van der Waals surface area contributed by atoms with Gasteiger partial charge in [-0.05, 0) is 31.5 Å². The van der Waals surface area contributed by atoms with Crippen LogP contribution in [-0.2, 0) is 14.3 Å². The molecule has 1 saturated heterocycles. The van der Waals surface area contributed by atoms with Crippen LogP contribution in [0.25, 0.3) is 0 Å². The lowest BCUT2D eigenvalue weighted by Gasteiger charge is -2.06. The van der Waals surface area contributed by atoms with E-state index in [-0.39, 0.29) is 12.1 Å². The van der Waals surface area contributed by atoms with Crippen LogP contribution in [0.5, 0.6) is 5.75 Å². The number of esters is 1. The van der Waals surface area contributed by atoms with Crippen LogP contribution in [0.15, 0.2) is 24.3 Å². The van der Waals surface area contributed by atoms with Crippen LogP contribution in [0.4, 0.5) is 0 Å². The van der Waals surface area contributed by atoms with Crippen molar-refractivity contribution in [3.05, 3.63) is 29.8 Å². The van der Waals surface area contributed by atoms with Gasteiger partial charge in [-0.1, -0.05) is 12.1 Å². The lowest BCUT2D eigenvalue weighted by atomic mass is 10.0. The molecule has 4 nitrogen and oxygen atoms in total. The van der Waals surface area contributed by atoms with Gasteiger partial charge in [-0.2, -0.15) is 0 Å². The van der Waals surface area contributed by atoms with Gasteiger partial charge >= 0.3 is 5.97 Å². The summed E-state index contributed by atoms with van der Waals surface area (Å²) in [6.45, 7) is 3.90. The number of epoxide rings is 1. The molecule has 0 saturated carbocycles. The SMILES string of the molecule is CCOC(=O)C1(C)OC1c1ccc(OC)cc1. The maximum Gasteiger partial charge on any atom is 0.341 e. The summed E-state index contributed by atoms with van der Waals surface area (Å²) in [7, 11) is 1.62. The van der Waals surface area contributed by atoms with E-state index in [4.69, 9.17) is 14.2 Å². The molecule has 2 unspecified atom stereocenters. The molecule has 0 amide bonds. The molecular weight excluding hydrogens is 220 g/mol. The Morgan fingerprint density at radius 1 is 1.41 bits per heavy atom. The second-order valence-electron chi connectivity index (χ2n) is 4.10. The van der Waals surface area contributed by atoms with Gasteiger partial charge in [-0.15, -0.1) is 0 Å². The van der Waals surface area contributed by atoms with Crippen molar-refractivity contribution >= 4 is 5.97 Å². The van der Waals surface area contributed by atoms with Gasteiger partial charge in [0.15, 0.2) is 5.60 Å². The van der Waals surface area contributed by atoms with Crippen molar-refractivity contribution in [1.82, 2.24) is 0 Å². The second kappa shape index (κ2) is 4.37. The topological polar surface area (TPSA) is 48.1 Å². The maximum atomic E-state index is 11.7. The van der Waals surface area contributed by atoms with Crippen LogP contribution in [0.1, 0.15) is 25.5 Å². The van der Waals surface area contributed by atoms with Crippen molar-refractivity contribution in [2.24, 2.45) is 0 Å². The number of hydrogen-bond acceptors (Lipinski definition) is 4. The van der Waals surface area contributed by atoms with Gasteiger partial charge in [0.1, 0.15) is 11.9 Å². The first-order chi connectivity index (χ1) is 8.11. The summed E-state index contributed by atoms with van der Waals surface area (Å²) >= 11 is 0. The van der Waals surface area contributed by atoms with Crippen molar-refractivity contribution in [3.63, 3.8) is 0 Å². The van der Waals surface area contributed by atoms with Crippen LogP contribution >= 0.6 is 0 Å². The summed E-state index contributed by atoms with van der Waals surface area (Å²) in [5, 5.41) is 0. The minimum atomic E-state index is -0.829. The number of hydrogen-bond donors (Lipinski definition) is 0. The van der Waals surface area contributed by atoms with Crippen LogP contribution in [-0.4, -0.2) is 25.3 Å². The maximum absolute atomic E-state index is 11.7. The Morgan fingerprint density at radius 3 is 2.59 bits per heavy atom. The minimum absolute atomic E-state index is 0.215. The Kier molecular flexibility index (Phi) is 3.07.